The molecule has 0 radical (unpaired) electrons. The van der Waals surface area contributed by atoms with Crippen LogP contribution in [0.4, 0.5) is 13.6 Å². The molecular weight excluding hydrogens is 486 g/mol. The average Bonchev–Trinajstić information content (AvgIpc) is 3.15. The lowest BCUT2D eigenvalue weighted by Crippen LogP contribution is -2.60. The van der Waals surface area contributed by atoms with Crippen LogP contribution in [0.5, 0.6) is 11.6 Å². The monoisotopic (exact) mass is 516 g/mol. The normalized spacial score (nSPS) is 24.0. The summed E-state index contributed by atoms with van der Waals surface area (Å²) in [6.07, 6.45) is -9.18. The van der Waals surface area contributed by atoms with Crippen molar-refractivity contribution in [1.82, 2.24) is 9.78 Å². The Morgan fingerprint density at radius 2 is 1.75 bits per heavy atom. The van der Waals surface area contributed by atoms with Gasteiger partial charge in [0, 0.05) is 41.4 Å². The smallest absolute Gasteiger partial charge is 0.497 e. The molecule has 2 aromatic rings. The summed E-state index contributed by atoms with van der Waals surface area (Å²) in [6, 6.07) is 1.95. The molecule has 0 amide bonds. The van der Waals surface area contributed by atoms with E-state index in [0.29, 0.717) is 11.3 Å². The van der Waals surface area contributed by atoms with Gasteiger partial charge in [0.05, 0.1) is 14.2 Å². The molecule has 3 rings (SSSR count). The summed E-state index contributed by atoms with van der Waals surface area (Å²) in [6.45, 7) is 4.87. The summed E-state index contributed by atoms with van der Waals surface area (Å²) in [7, 11) is 2.38. The lowest BCUT2D eigenvalue weighted by molar-refractivity contribution is -0.278. The van der Waals surface area contributed by atoms with Crippen LogP contribution in [0.1, 0.15) is 36.7 Å². The molecule has 0 bridgehead atoms. The molecule has 2 heterocycles. The number of hydrogen-bond donors (Lipinski definition) is 3. The van der Waals surface area contributed by atoms with Crippen molar-refractivity contribution in [3.05, 3.63) is 40.6 Å². The number of hydrogen-bond acceptors (Lipinski definition) is 10. The molecule has 1 aromatic carbocycles. The Labute approximate surface area is 206 Å². The van der Waals surface area contributed by atoms with Crippen LogP contribution in [-0.4, -0.2) is 82.8 Å². The summed E-state index contributed by atoms with van der Waals surface area (Å²) >= 11 is 0. The van der Waals surface area contributed by atoms with Crippen LogP contribution in [0.25, 0.3) is 0 Å². The summed E-state index contributed by atoms with van der Waals surface area (Å²) < 4.78 is 56.3. The molecule has 0 spiro atoms. The highest BCUT2D eigenvalue weighted by molar-refractivity contribution is 5.59. The Bertz CT molecular complexity index is 1060. The first-order valence-electron chi connectivity index (χ1n) is 11.1. The van der Waals surface area contributed by atoms with Gasteiger partial charge in [-0.3, -0.25) is 4.68 Å². The van der Waals surface area contributed by atoms with Crippen LogP contribution >= 0.6 is 0 Å². The molecule has 1 saturated heterocycles. The maximum absolute atomic E-state index is 14.7. The minimum absolute atomic E-state index is 0.0197. The van der Waals surface area contributed by atoms with Gasteiger partial charge in [-0.05, 0) is 20.8 Å². The van der Waals surface area contributed by atoms with Gasteiger partial charge in [-0.1, -0.05) is 0 Å². The summed E-state index contributed by atoms with van der Waals surface area (Å²) in [4.78, 5) is 11.3. The SMILES string of the molecule is COC(=O)OC[C@H]1O[C@@H](Oc2nn(C(C)C)c(C)c2Cc2c(F)cc(OC)cc2F)[C@H](O)[C@@H](O)[C@@H]1O. The van der Waals surface area contributed by atoms with Crippen molar-refractivity contribution < 1.29 is 52.6 Å². The number of rotatable bonds is 8. The van der Waals surface area contributed by atoms with Crippen LogP contribution < -0.4 is 9.47 Å². The molecule has 1 fully saturated rings. The number of methoxy groups -OCH3 is 2. The third-order valence-electron chi connectivity index (χ3n) is 5.86. The number of aromatic nitrogens is 2. The molecule has 11 nitrogen and oxygen atoms in total. The second-order valence-electron chi connectivity index (χ2n) is 8.55. The first-order chi connectivity index (χ1) is 17.0. The van der Waals surface area contributed by atoms with Crippen molar-refractivity contribution in [1.29, 1.82) is 0 Å². The minimum atomic E-state index is -1.72. The van der Waals surface area contributed by atoms with Crippen molar-refractivity contribution in [2.24, 2.45) is 0 Å². The molecule has 1 aliphatic rings. The number of aliphatic hydroxyl groups excluding tert-OH is 3. The predicted octanol–water partition coefficient (Wildman–Crippen LogP) is 1.62. The zero-order chi connectivity index (χ0) is 26.7. The average molecular weight is 516 g/mol. The maximum atomic E-state index is 14.7. The van der Waals surface area contributed by atoms with E-state index < -0.39 is 55.1 Å². The van der Waals surface area contributed by atoms with E-state index in [0.717, 1.165) is 19.2 Å². The first kappa shape index (κ1) is 27.6. The first-order valence-corrected chi connectivity index (χ1v) is 11.1. The minimum Gasteiger partial charge on any atom is -0.497 e. The van der Waals surface area contributed by atoms with Gasteiger partial charge in [-0.2, -0.15) is 0 Å². The number of carbonyl (C=O) groups is 1. The van der Waals surface area contributed by atoms with Crippen molar-refractivity contribution in [2.45, 2.75) is 63.9 Å². The molecule has 0 saturated carbocycles. The van der Waals surface area contributed by atoms with Gasteiger partial charge < -0.3 is 39.0 Å². The van der Waals surface area contributed by atoms with E-state index >= 15 is 0 Å². The van der Waals surface area contributed by atoms with E-state index in [2.05, 4.69) is 9.84 Å². The van der Waals surface area contributed by atoms with Crippen molar-refractivity contribution in [3.63, 3.8) is 0 Å². The third-order valence-corrected chi connectivity index (χ3v) is 5.86. The summed E-state index contributed by atoms with van der Waals surface area (Å²) in [5.41, 5.74) is 0.605. The number of benzene rings is 1. The highest BCUT2D eigenvalue weighted by Crippen LogP contribution is 2.32. The van der Waals surface area contributed by atoms with E-state index in [1.165, 1.54) is 7.11 Å². The Morgan fingerprint density at radius 3 is 2.31 bits per heavy atom. The van der Waals surface area contributed by atoms with E-state index in [4.69, 9.17) is 18.9 Å². The van der Waals surface area contributed by atoms with E-state index in [-0.39, 0.29) is 29.7 Å². The van der Waals surface area contributed by atoms with Crippen molar-refractivity contribution in [3.8, 4) is 11.6 Å². The number of carbonyl (C=O) groups excluding carboxylic acids is 1. The third kappa shape index (κ3) is 5.69. The van der Waals surface area contributed by atoms with Gasteiger partial charge >= 0.3 is 6.16 Å². The fourth-order valence-electron chi connectivity index (χ4n) is 3.84. The topological polar surface area (TPSA) is 142 Å². The molecule has 36 heavy (non-hydrogen) atoms. The molecule has 5 atom stereocenters. The Balaban J connectivity index is 1.93. The highest BCUT2D eigenvalue weighted by atomic mass is 19.1. The van der Waals surface area contributed by atoms with Crippen molar-refractivity contribution in [2.75, 3.05) is 20.8 Å². The zero-order valence-electron chi connectivity index (χ0n) is 20.5. The van der Waals surface area contributed by atoms with Gasteiger partial charge in [0.25, 0.3) is 0 Å². The van der Waals surface area contributed by atoms with Gasteiger partial charge in [0.2, 0.25) is 12.2 Å². The number of ether oxygens (including phenoxy) is 5. The van der Waals surface area contributed by atoms with Gasteiger partial charge in [-0.25, -0.2) is 13.6 Å². The van der Waals surface area contributed by atoms with Gasteiger partial charge in [0.15, 0.2) is 0 Å². The standard InChI is InChI=1S/C23H30F2N2O9/c1-10(2)27-11(3)13(8-14-15(24)6-12(32-4)7-16(14)25)21(26-27)36-22-20(30)19(29)18(28)17(35-22)9-34-23(31)33-5/h6-7,10,17-20,22,28-30H,8-9H2,1-5H3/t17-,18-,19+,20-,22+/m1/s1. The fraction of sp³-hybridized carbons (Fsp3) is 0.565. The largest absolute Gasteiger partial charge is 0.508 e. The highest BCUT2D eigenvalue weighted by Gasteiger charge is 2.46. The molecule has 0 unspecified atom stereocenters. The Hall–Kier alpha value is -3.00. The predicted molar refractivity (Wildman–Crippen MR) is 119 cm³/mol. The lowest BCUT2D eigenvalue weighted by Gasteiger charge is -2.39. The summed E-state index contributed by atoms with van der Waals surface area (Å²) in [5, 5.41) is 35.3. The molecular formula is C23H30F2N2O9. The second-order valence-corrected chi connectivity index (χ2v) is 8.55. The molecule has 1 aromatic heterocycles. The van der Waals surface area contributed by atoms with Crippen LogP contribution in [0, 0.1) is 18.6 Å². The molecule has 0 aliphatic carbocycles. The van der Waals surface area contributed by atoms with Crippen LogP contribution in [0.3, 0.4) is 0 Å². The number of aliphatic hydroxyl groups is 3. The fourth-order valence-corrected chi connectivity index (χ4v) is 3.84. The quantitative estimate of drug-likeness (QED) is 0.443. The van der Waals surface area contributed by atoms with Gasteiger partial charge in [0.1, 0.15) is 48.4 Å². The van der Waals surface area contributed by atoms with Crippen LogP contribution in [-0.2, 0) is 20.6 Å². The molecule has 1 aliphatic heterocycles. The number of nitrogens with zero attached hydrogens (tertiary/aromatic N) is 2. The van der Waals surface area contributed by atoms with Crippen molar-refractivity contribution >= 4 is 6.16 Å². The maximum Gasteiger partial charge on any atom is 0.508 e. The Morgan fingerprint density at radius 1 is 1.11 bits per heavy atom. The van der Waals surface area contributed by atoms with Crippen LogP contribution in [0.2, 0.25) is 0 Å². The van der Waals surface area contributed by atoms with E-state index in [1.807, 2.05) is 13.8 Å². The second kappa shape index (κ2) is 11.4. The molecule has 200 valence electrons. The van der Waals surface area contributed by atoms with Crippen LogP contribution in [0.15, 0.2) is 12.1 Å². The number of halogens is 2. The Kier molecular flexibility index (Phi) is 8.71. The molecule has 3 N–H and O–H groups in total. The van der Waals surface area contributed by atoms with Gasteiger partial charge in [-0.15, -0.1) is 5.10 Å². The lowest BCUT2D eigenvalue weighted by atomic mass is 9.99. The van der Waals surface area contributed by atoms with E-state index in [1.54, 1.807) is 11.6 Å². The summed E-state index contributed by atoms with van der Waals surface area (Å²) in [5.74, 6) is -1.74. The molecule has 13 heteroatoms. The zero-order valence-corrected chi connectivity index (χ0v) is 20.5. The van der Waals surface area contributed by atoms with E-state index in [9.17, 15) is 28.9 Å².